The number of fused-ring (bicyclic) bond motifs is 1. The van der Waals surface area contributed by atoms with Gasteiger partial charge >= 0.3 is 5.97 Å². The summed E-state index contributed by atoms with van der Waals surface area (Å²) in [5.74, 6) is -3.22. The van der Waals surface area contributed by atoms with Crippen LogP contribution in [0.4, 0.5) is 5.82 Å². The van der Waals surface area contributed by atoms with Crippen LogP contribution in [-0.2, 0) is 9.53 Å². The number of hydrazine groups is 1. The van der Waals surface area contributed by atoms with Crippen molar-refractivity contribution in [2.75, 3.05) is 11.5 Å². The van der Waals surface area contributed by atoms with Gasteiger partial charge in [-0.1, -0.05) is 28.9 Å². The number of aryl methyl sites for hydroxylation is 1. The number of nitrogens with one attached hydrogen (secondary N) is 2. The van der Waals surface area contributed by atoms with Crippen molar-refractivity contribution >= 4 is 47.0 Å². The van der Waals surface area contributed by atoms with Crippen LogP contribution < -0.4 is 15.8 Å². The average Bonchev–Trinajstić information content (AvgIpc) is 3.36. The lowest BCUT2D eigenvalue weighted by Gasteiger charge is -2.09. The maximum atomic E-state index is 12.7. The number of carbonyl (C=O) groups excluding carboxylic acids is 5. The molecule has 0 spiro atoms. The van der Waals surface area contributed by atoms with Crippen LogP contribution in [0.3, 0.4) is 0 Å². The molecule has 1 aromatic heterocycles. The zero-order valence-corrected chi connectivity index (χ0v) is 18.2. The SMILES string of the molecule is Cc1cc(N2C(=O)c3ccc(C(=O)OCC(=O)NNC(=O)c4ccccc4Cl)cc3C2=O)no1. The van der Waals surface area contributed by atoms with Crippen LogP contribution in [0.15, 0.2) is 53.1 Å². The first kappa shape index (κ1) is 22.7. The Kier molecular flexibility index (Phi) is 6.11. The lowest BCUT2D eigenvalue weighted by molar-refractivity contribution is -0.125. The fourth-order valence-electron chi connectivity index (χ4n) is 3.12. The van der Waals surface area contributed by atoms with Crippen LogP contribution in [-0.4, -0.2) is 41.4 Å². The molecule has 1 aliphatic rings. The normalized spacial score (nSPS) is 12.4. The minimum atomic E-state index is -0.911. The Balaban J connectivity index is 1.36. The Hall–Kier alpha value is -4.51. The lowest BCUT2D eigenvalue weighted by atomic mass is 10.1. The molecule has 3 aromatic rings. The minimum absolute atomic E-state index is 0.0171. The molecule has 0 unspecified atom stereocenters. The third kappa shape index (κ3) is 4.36. The van der Waals surface area contributed by atoms with Gasteiger partial charge in [0.1, 0.15) is 5.76 Å². The van der Waals surface area contributed by atoms with Crippen LogP contribution in [0, 0.1) is 6.92 Å². The smallest absolute Gasteiger partial charge is 0.338 e. The van der Waals surface area contributed by atoms with Gasteiger partial charge in [0, 0.05) is 6.07 Å². The summed E-state index contributed by atoms with van der Waals surface area (Å²) in [5, 5.41) is 3.87. The molecule has 0 saturated heterocycles. The number of ether oxygens (including phenoxy) is 1. The van der Waals surface area contributed by atoms with Crippen molar-refractivity contribution in [3.63, 3.8) is 0 Å². The van der Waals surface area contributed by atoms with E-state index in [1.165, 1.54) is 36.4 Å². The average molecular weight is 483 g/mol. The predicted octanol–water partition coefficient (Wildman–Crippen LogP) is 2.06. The zero-order chi connectivity index (χ0) is 24.4. The predicted molar refractivity (Wildman–Crippen MR) is 116 cm³/mol. The molecule has 0 saturated carbocycles. The molecule has 2 heterocycles. The highest BCUT2D eigenvalue weighted by Gasteiger charge is 2.38. The van der Waals surface area contributed by atoms with Crippen molar-refractivity contribution in [2.45, 2.75) is 6.92 Å². The van der Waals surface area contributed by atoms with Crippen LogP contribution in [0.2, 0.25) is 5.02 Å². The van der Waals surface area contributed by atoms with Gasteiger partial charge in [-0.2, -0.15) is 0 Å². The van der Waals surface area contributed by atoms with Crippen molar-refractivity contribution in [1.29, 1.82) is 0 Å². The van der Waals surface area contributed by atoms with Gasteiger partial charge in [-0.25, -0.2) is 9.69 Å². The van der Waals surface area contributed by atoms with E-state index in [2.05, 4.69) is 16.0 Å². The number of aromatic nitrogens is 1. The quantitative estimate of drug-likeness (QED) is 0.319. The van der Waals surface area contributed by atoms with Crippen molar-refractivity contribution in [1.82, 2.24) is 16.0 Å². The Labute approximate surface area is 196 Å². The van der Waals surface area contributed by atoms with Crippen LogP contribution >= 0.6 is 11.6 Å². The molecule has 34 heavy (non-hydrogen) atoms. The van der Waals surface area contributed by atoms with Crippen molar-refractivity contribution in [3.05, 3.63) is 81.6 Å². The molecule has 2 aromatic carbocycles. The number of hydrogen-bond acceptors (Lipinski definition) is 8. The second-order valence-electron chi connectivity index (χ2n) is 7.06. The highest BCUT2D eigenvalue weighted by atomic mass is 35.5. The Bertz CT molecular complexity index is 1350. The molecule has 12 heteroatoms. The van der Waals surface area contributed by atoms with E-state index < -0.39 is 36.2 Å². The number of anilines is 1. The number of imide groups is 1. The summed E-state index contributed by atoms with van der Waals surface area (Å²) in [4.78, 5) is 62.4. The largest absolute Gasteiger partial charge is 0.452 e. The summed E-state index contributed by atoms with van der Waals surface area (Å²) in [6.45, 7) is 0.900. The summed E-state index contributed by atoms with van der Waals surface area (Å²) in [5.41, 5.74) is 4.42. The lowest BCUT2D eigenvalue weighted by Crippen LogP contribution is -2.43. The first-order valence-corrected chi connectivity index (χ1v) is 10.1. The van der Waals surface area contributed by atoms with E-state index in [1.54, 1.807) is 19.1 Å². The van der Waals surface area contributed by atoms with Crippen LogP contribution in [0.25, 0.3) is 0 Å². The molecule has 0 aliphatic carbocycles. The van der Waals surface area contributed by atoms with Crippen LogP contribution in [0.1, 0.15) is 47.2 Å². The number of carbonyl (C=O) groups is 5. The molecule has 1 aliphatic heterocycles. The van der Waals surface area contributed by atoms with Crippen molar-refractivity contribution < 1.29 is 33.2 Å². The van der Waals surface area contributed by atoms with Crippen LogP contribution in [0.5, 0.6) is 0 Å². The molecule has 0 atom stereocenters. The van der Waals surface area contributed by atoms with E-state index >= 15 is 0 Å². The molecule has 0 fully saturated rings. The first-order chi connectivity index (χ1) is 16.3. The van der Waals surface area contributed by atoms with Crippen molar-refractivity contribution in [3.8, 4) is 0 Å². The first-order valence-electron chi connectivity index (χ1n) is 9.73. The summed E-state index contributed by atoms with van der Waals surface area (Å²) >= 11 is 5.91. The Morgan fingerprint density at radius 3 is 2.47 bits per heavy atom. The maximum Gasteiger partial charge on any atom is 0.338 e. The summed E-state index contributed by atoms with van der Waals surface area (Å²) in [7, 11) is 0. The standard InChI is InChI=1S/C22H15ClN4O7/c1-11-8-17(26-34-11)27-20(30)13-7-6-12(9-15(13)21(27)31)22(32)33-10-18(28)24-25-19(29)14-4-2-3-5-16(14)23/h2-9H,10H2,1H3,(H,24,28)(H,25,29). The van der Waals surface area contributed by atoms with Gasteiger partial charge < -0.3 is 9.26 Å². The highest BCUT2D eigenvalue weighted by Crippen LogP contribution is 2.29. The molecule has 4 rings (SSSR count). The fraction of sp³-hybridized carbons (Fsp3) is 0.0909. The monoisotopic (exact) mass is 482 g/mol. The highest BCUT2D eigenvalue weighted by molar-refractivity contribution is 6.34. The molecular formula is C22H15ClN4O7. The van der Waals surface area contributed by atoms with Gasteiger partial charge in [0.25, 0.3) is 23.6 Å². The third-order valence-electron chi connectivity index (χ3n) is 4.74. The zero-order valence-electron chi connectivity index (χ0n) is 17.5. The van der Waals surface area contributed by atoms with Crippen molar-refractivity contribution in [2.24, 2.45) is 0 Å². The van der Waals surface area contributed by atoms with Gasteiger partial charge in [-0.05, 0) is 37.3 Å². The number of hydrogen-bond donors (Lipinski definition) is 2. The number of rotatable bonds is 5. The van der Waals surface area contributed by atoms with E-state index in [1.807, 2.05) is 0 Å². The Morgan fingerprint density at radius 1 is 1.03 bits per heavy atom. The number of halogens is 1. The van der Waals surface area contributed by atoms with Gasteiger partial charge in [0.15, 0.2) is 12.4 Å². The topological polar surface area (TPSA) is 148 Å². The van der Waals surface area contributed by atoms with Gasteiger partial charge in [0.05, 0.1) is 27.3 Å². The Morgan fingerprint density at radius 2 is 1.76 bits per heavy atom. The maximum absolute atomic E-state index is 12.7. The molecular weight excluding hydrogens is 468 g/mol. The van der Waals surface area contributed by atoms with Gasteiger partial charge in [-0.15, -0.1) is 0 Å². The van der Waals surface area contributed by atoms with E-state index in [9.17, 15) is 24.0 Å². The molecule has 4 amide bonds. The molecule has 0 bridgehead atoms. The van der Waals surface area contributed by atoms with E-state index in [0.717, 1.165) is 4.90 Å². The van der Waals surface area contributed by atoms with E-state index in [-0.39, 0.29) is 33.1 Å². The molecule has 2 N–H and O–H groups in total. The summed E-state index contributed by atoms with van der Waals surface area (Å²) in [6, 6.07) is 11.5. The molecule has 11 nitrogen and oxygen atoms in total. The van der Waals surface area contributed by atoms with E-state index in [4.69, 9.17) is 20.9 Å². The number of benzene rings is 2. The van der Waals surface area contributed by atoms with Gasteiger partial charge in [0.2, 0.25) is 0 Å². The molecule has 0 radical (unpaired) electrons. The van der Waals surface area contributed by atoms with Gasteiger partial charge in [-0.3, -0.25) is 30.0 Å². The third-order valence-corrected chi connectivity index (χ3v) is 5.06. The second-order valence-corrected chi connectivity index (χ2v) is 7.47. The minimum Gasteiger partial charge on any atom is -0.452 e. The van der Waals surface area contributed by atoms with E-state index in [0.29, 0.717) is 5.76 Å². The number of amides is 4. The second kappa shape index (κ2) is 9.16. The fourth-order valence-corrected chi connectivity index (χ4v) is 3.35. The summed E-state index contributed by atoms with van der Waals surface area (Å²) in [6.07, 6.45) is 0. The summed E-state index contributed by atoms with van der Waals surface area (Å²) < 4.78 is 9.84. The number of esters is 1. The molecule has 172 valence electrons. The number of nitrogens with zero attached hydrogens (tertiary/aromatic N) is 2.